The van der Waals surface area contributed by atoms with E-state index >= 15 is 0 Å². The Hall–Kier alpha value is -3.08. The molecule has 0 spiro atoms. The molecule has 31 heavy (non-hydrogen) atoms. The Bertz CT molecular complexity index is 1180. The number of rotatable bonds is 5. The van der Waals surface area contributed by atoms with Gasteiger partial charge in [-0.15, -0.1) is 0 Å². The van der Waals surface area contributed by atoms with Crippen LogP contribution in [0.3, 0.4) is 0 Å². The molecule has 1 aromatic carbocycles. The second kappa shape index (κ2) is 8.58. The first-order valence-corrected chi connectivity index (χ1v) is 11.3. The molecule has 1 N–H and O–H groups in total. The van der Waals surface area contributed by atoms with Gasteiger partial charge in [0.2, 0.25) is 10.0 Å². The zero-order valence-electron chi connectivity index (χ0n) is 17.3. The van der Waals surface area contributed by atoms with Gasteiger partial charge >= 0.3 is 0 Å². The molecule has 1 aliphatic rings. The predicted octanol–water partition coefficient (Wildman–Crippen LogP) is 2.16. The van der Waals surface area contributed by atoms with Gasteiger partial charge in [-0.2, -0.15) is 9.40 Å². The van der Waals surface area contributed by atoms with Gasteiger partial charge in [-0.1, -0.05) is 0 Å². The summed E-state index contributed by atoms with van der Waals surface area (Å²) in [4.78, 5) is 17.1. The number of nitrogens with zero attached hydrogens (tertiary/aromatic N) is 4. The van der Waals surface area contributed by atoms with Gasteiger partial charge < -0.3 is 10.1 Å². The molecular formula is C21H23N5O4S. The normalized spacial score (nSPS) is 15.0. The van der Waals surface area contributed by atoms with Crippen LogP contribution in [0.2, 0.25) is 0 Å². The lowest BCUT2D eigenvalue weighted by atomic mass is 10.2. The Morgan fingerprint density at radius 2 is 1.77 bits per heavy atom. The molecule has 3 aromatic rings. The predicted molar refractivity (Wildman–Crippen MR) is 115 cm³/mol. The van der Waals surface area contributed by atoms with Crippen LogP contribution in [0.1, 0.15) is 21.7 Å². The number of carbonyl (C=O) groups is 1. The number of benzene rings is 1. The molecule has 10 heteroatoms. The van der Waals surface area contributed by atoms with E-state index in [2.05, 4.69) is 15.4 Å². The molecule has 1 amide bonds. The van der Waals surface area contributed by atoms with Crippen molar-refractivity contribution in [2.45, 2.75) is 18.7 Å². The Balaban J connectivity index is 1.44. The van der Waals surface area contributed by atoms with Crippen molar-refractivity contribution in [2.24, 2.45) is 0 Å². The summed E-state index contributed by atoms with van der Waals surface area (Å²) in [5.41, 5.74) is 2.74. The lowest BCUT2D eigenvalue weighted by Gasteiger charge is -2.26. The number of sulfonamides is 1. The molecule has 0 saturated carbocycles. The summed E-state index contributed by atoms with van der Waals surface area (Å²) in [6, 6.07) is 11.4. The Labute approximate surface area is 180 Å². The summed E-state index contributed by atoms with van der Waals surface area (Å²) in [5.74, 6) is 0.303. The van der Waals surface area contributed by atoms with Crippen molar-refractivity contribution in [1.82, 2.24) is 19.1 Å². The zero-order valence-corrected chi connectivity index (χ0v) is 18.1. The third-order valence-electron chi connectivity index (χ3n) is 4.96. The number of pyridine rings is 1. The van der Waals surface area contributed by atoms with Gasteiger partial charge in [0.15, 0.2) is 5.82 Å². The number of nitrogens with one attached hydrogen (secondary N) is 1. The highest BCUT2D eigenvalue weighted by atomic mass is 32.2. The Kier molecular flexibility index (Phi) is 5.86. The van der Waals surface area contributed by atoms with Crippen molar-refractivity contribution in [3.8, 4) is 5.82 Å². The third kappa shape index (κ3) is 4.50. The standard InChI is InChI=1S/C21H23N5O4S/c1-15-13-16(2)26(24-15)20-8-5-18(14-22-20)23-21(27)17-3-6-19(7-4-17)31(28,29)25-9-11-30-12-10-25/h3-8,13-14H,9-12H2,1-2H3,(H,23,27). The number of aromatic nitrogens is 3. The Morgan fingerprint density at radius 1 is 1.06 bits per heavy atom. The fourth-order valence-corrected chi connectivity index (χ4v) is 4.77. The van der Waals surface area contributed by atoms with E-state index in [1.165, 1.54) is 28.6 Å². The number of ether oxygens (including phenoxy) is 1. The summed E-state index contributed by atoms with van der Waals surface area (Å²) in [7, 11) is -3.59. The fourth-order valence-electron chi connectivity index (χ4n) is 3.36. The maximum Gasteiger partial charge on any atom is 0.255 e. The molecule has 1 fully saturated rings. The van der Waals surface area contributed by atoms with Crippen molar-refractivity contribution in [3.05, 3.63) is 65.6 Å². The molecule has 2 aromatic heterocycles. The highest BCUT2D eigenvalue weighted by Gasteiger charge is 2.26. The number of amides is 1. The van der Waals surface area contributed by atoms with Crippen LogP contribution in [0.4, 0.5) is 5.69 Å². The number of aryl methyl sites for hydroxylation is 2. The quantitative estimate of drug-likeness (QED) is 0.650. The first kappa shape index (κ1) is 21.2. The highest BCUT2D eigenvalue weighted by molar-refractivity contribution is 7.89. The van der Waals surface area contributed by atoms with Crippen molar-refractivity contribution in [1.29, 1.82) is 0 Å². The molecule has 0 aliphatic carbocycles. The minimum absolute atomic E-state index is 0.154. The summed E-state index contributed by atoms with van der Waals surface area (Å²) in [6.45, 7) is 5.27. The topological polar surface area (TPSA) is 106 Å². The van der Waals surface area contributed by atoms with Gasteiger partial charge in [0.1, 0.15) is 0 Å². The smallest absolute Gasteiger partial charge is 0.255 e. The molecule has 4 rings (SSSR count). The summed E-state index contributed by atoms with van der Waals surface area (Å²) < 4.78 is 33.7. The van der Waals surface area contributed by atoms with Gasteiger partial charge in [0, 0.05) is 24.3 Å². The van der Waals surface area contributed by atoms with Crippen molar-refractivity contribution >= 4 is 21.6 Å². The molecule has 0 atom stereocenters. The number of anilines is 1. The van der Waals surface area contributed by atoms with Crippen molar-refractivity contribution in [2.75, 3.05) is 31.6 Å². The average molecular weight is 442 g/mol. The van der Waals surface area contributed by atoms with Gasteiger partial charge in [-0.3, -0.25) is 4.79 Å². The molecule has 162 valence electrons. The monoisotopic (exact) mass is 441 g/mol. The third-order valence-corrected chi connectivity index (χ3v) is 6.87. The highest BCUT2D eigenvalue weighted by Crippen LogP contribution is 2.19. The van der Waals surface area contributed by atoms with E-state index in [0.29, 0.717) is 43.4 Å². The molecule has 0 radical (unpaired) electrons. The Morgan fingerprint density at radius 3 is 2.35 bits per heavy atom. The minimum atomic E-state index is -3.59. The van der Waals surface area contributed by atoms with E-state index in [4.69, 9.17) is 4.74 Å². The van der Waals surface area contributed by atoms with Crippen molar-refractivity contribution < 1.29 is 17.9 Å². The lowest BCUT2D eigenvalue weighted by molar-refractivity contribution is 0.0730. The molecule has 1 aliphatic heterocycles. The summed E-state index contributed by atoms with van der Waals surface area (Å²) in [5, 5.41) is 7.16. The van der Waals surface area contributed by atoms with Gasteiger partial charge in [0.05, 0.1) is 35.7 Å². The van der Waals surface area contributed by atoms with Gasteiger partial charge in [-0.25, -0.2) is 18.1 Å². The number of hydrogen-bond acceptors (Lipinski definition) is 6. The van der Waals surface area contributed by atoms with Gasteiger partial charge in [0.25, 0.3) is 5.91 Å². The van der Waals surface area contributed by atoms with Gasteiger partial charge in [-0.05, 0) is 56.3 Å². The maximum absolute atomic E-state index is 12.7. The van der Waals surface area contributed by atoms with E-state index in [1.54, 1.807) is 23.0 Å². The summed E-state index contributed by atoms with van der Waals surface area (Å²) >= 11 is 0. The van der Waals surface area contributed by atoms with E-state index in [0.717, 1.165) is 11.4 Å². The maximum atomic E-state index is 12.7. The first-order chi connectivity index (χ1) is 14.8. The van der Waals surface area contributed by atoms with Crippen molar-refractivity contribution in [3.63, 3.8) is 0 Å². The number of carbonyl (C=O) groups excluding carboxylic acids is 1. The number of morpholine rings is 1. The van der Waals surface area contributed by atoms with Crippen LogP contribution < -0.4 is 5.32 Å². The molecule has 0 unspecified atom stereocenters. The van der Waals surface area contributed by atoms with E-state index in [-0.39, 0.29) is 10.8 Å². The first-order valence-electron chi connectivity index (χ1n) is 9.83. The van der Waals surface area contributed by atoms with E-state index in [1.807, 2.05) is 19.9 Å². The molecule has 0 bridgehead atoms. The summed E-state index contributed by atoms with van der Waals surface area (Å²) in [6.07, 6.45) is 1.56. The van der Waals surface area contributed by atoms with Crippen LogP contribution in [0.5, 0.6) is 0 Å². The molecular weight excluding hydrogens is 418 g/mol. The number of hydrogen-bond donors (Lipinski definition) is 1. The van der Waals surface area contributed by atoms with E-state index < -0.39 is 10.0 Å². The second-order valence-electron chi connectivity index (χ2n) is 7.24. The lowest BCUT2D eigenvalue weighted by Crippen LogP contribution is -2.40. The van der Waals surface area contributed by atoms with Crippen LogP contribution in [0.15, 0.2) is 53.6 Å². The molecule has 1 saturated heterocycles. The average Bonchev–Trinajstić information content (AvgIpc) is 3.13. The van der Waals surface area contributed by atoms with Crippen LogP contribution >= 0.6 is 0 Å². The van der Waals surface area contributed by atoms with E-state index in [9.17, 15) is 13.2 Å². The fraction of sp³-hybridized carbons (Fsp3) is 0.286. The molecule has 3 heterocycles. The minimum Gasteiger partial charge on any atom is -0.379 e. The van der Waals surface area contributed by atoms with Crippen LogP contribution in [0, 0.1) is 13.8 Å². The largest absolute Gasteiger partial charge is 0.379 e. The molecule has 9 nitrogen and oxygen atoms in total. The van der Waals surface area contributed by atoms with Crippen LogP contribution in [-0.2, 0) is 14.8 Å². The van der Waals surface area contributed by atoms with Crippen LogP contribution in [0.25, 0.3) is 5.82 Å². The SMILES string of the molecule is Cc1cc(C)n(-c2ccc(NC(=O)c3ccc(S(=O)(=O)N4CCOCC4)cc3)cn2)n1. The second-order valence-corrected chi connectivity index (χ2v) is 9.18. The van der Waals surface area contributed by atoms with Crippen LogP contribution in [-0.4, -0.2) is 59.7 Å². The zero-order chi connectivity index (χ0) is 22.0.